The minimum atomic E-state index is -4.67. The Balaban J connectivity index is 1.62. The fraction of sp³-hybridized carbons (Fsp3) is 0.300. The first kappa shape index (κ1) is 20.9. The van der Waals surface area contributed by atoms with Gasteiger partial charge in [0, 0.05) is 54.9 Å². The van der Waals surface area contributed by atoms with Crippen LogP contribution < -0.4 is 9.64 Å². The maximum absolute atomic E-state index is 14.1. The second-order valence-corrected chi connectivity index (χ2v) is 6.93. The number of alkyl halides is 3. The van der Waals surface area contributed by atoms with Gasteiger partial charge in [-0.1, -0.05) is 0 Å². The SMILES string of the molecule is CC1c2cnc(-c3ncccn3)nc2CCN1c1cc(F)c(F)c(OCC(F)(F)F)c1. The molecule has 1 aliphatic rings. The smallest absolute Gasteiger partial charge is 0.422 e. The van der Waals surface area contributed by atoms with Crippen LogP contribution in [0.15, 0.2) is 36.8 Å². The van der Waals surface area contributed by atoms with E-state index in [2.05, 4.69) is 24.7 Å². The monoisotopic (exact) mass is 437 g/mol. The summed E-state index contributed by atoms with van der Waals surface area (Å²) >= 11 is 0. The Hall–Kier alpha value is -3.37. The van der Waals surface area contributed by atoms with Gasteiger partial charge >= 0.3 is 6.18 Å². The summed E-state index contributed by atoms with van der Waals surface area (Å²) in [5, 5.41) is 0. The highest BCUT2D eigenvalue weighted by molar-refractivity contribution is 5.55. The molecule has 1 aliphatic heterocycles. The van der Waals surface area contributed by atoms with E-state index in [1.807, 2.05) is 6.92 Å². The fourth-order valence-electron chi connectivity index (χ4n) is 3.42. The van der Waals surface area contributed by atoms with Crippen molar-refractivity contribution in [3.8, 4) is 17.4 Å². The standard InChI is InChI=1S/C20H16F5N5O/c1-11-13-9-28-19(18-26-4-2-5-27-18)29-15(13)3-6-30(11)12-7-14(21)17(22)16(8-12)31-10-20(23,24)25/h2,4-5,7-9,11H,3,6,10H2,1H3. The van der Waals surface area contributed by atoms with Crippen LogP contribution in [-0.4, -0.2) is 39.3 Å². The number of benzene rings is 1. The van der Waals surface area contributed by atoms with Crippen LogP contribution in [0, 0.1) is 11.6 Å². The third-order valence-corrected chi connectivity index (χ3v) is 4.88. The molecule has 3 aromatic rings. The van der Waals surface area contributed by atoms with Gasteiger partial charge in [0.2, 0.25) is 5.82 Å². The molecule has 6 nitrogen and oxygen atoms in total. The second-order valence-electron chi connectivity index (χ2n) is 6.93. The van der Waals surface area contributed by atoms with Gasteiger partial charge in [-0.15, -0.1) is 0 Å². The Kier molecular flexibility index (Phi) is 5.42. The molecule has 4 rings (SSSR count). The van der Waals surface area contributed by atoms with E-state index in [1.54, 1.807) is 29.6 Å². The van der Waals surface area contributed by atoms with Crippen LogP contribution in [0.3, 0.4) is 0 Å². The van der Waals surface area contributed by atoms with Gasteiger partial charge in [-0.25, -0.2) is 24.3 Å². The lowest BCUT2D eigenvalue weighted by Gasteiger charge is -2.36. The number of nitrogens with zero attached hydrogens (tertiary/aromatic N) is 5. The third-order valence-electron chi connectivity index (χ3n) is 4.88. The minimum Gasteiger partial charge on any atom is -0.481 e. The average Bonchev–Trinajstić information content (AvgIpc) is 2.75. The van der Waals surface area contributed by atoms with Crippen LogP contribution in [0.1, 0.15) is 24.2 Å². The summed E-state index contributed by atoms with van der Waals surface area (Å²) in [5.41, 5.74) is 1.72. The maximum Gasteiger partial charge on any atom is 0.422 e. The molecule has 0 spiro atoms. The highest BCUT2D eigenvalue weighted by Gasteiger charge is 2.31. The first-order chi connectivity index (χ1) is 14.7. The number of ether oxygens (including phenoxy) is 1. The van der Waals surface area contributed by atoms with Crippen molar-refractivity contribution in [2.45, 2.75) is 25.6 Å². The van der Waals surface area contributed by atoms with Crippen molar-refractivity contribution >= 4 is 5.69 Å². The van der Waals surface area contributed by atoms with Crippen molar-refractivity contribution in [3.63, 3.8) is 0 Å². The van der Waals surface area contributed by atoms with E-state index in [0.29, 0.717) is 24.6 Å². The summed E-state index contributed by atoms with van der Waals surface area (Å²) < 4.78 is 69.8. The number of aromatic nitrogens is 4. The largest absolute Gasteiger partial charge is 0.481 e. The molecule has 0 radical (unpaired) electrons. The van der Waals surface area contributed by atoms with Gasteiger partial charge in [-0.3, -0.25) is 0 Å². The van der Waals surface area contributed by atoms with Gasteiger partial charge in [-0.2, -0.15) is 17.6 Å². The topological polar surface area (TPSA) is 64.0 Å². The van der Waals surface area contributed by atoms with Crippen LogP contribution in [-0.2, 0) is 6.42 Å². The summed E-state index contributed by atoms with van der Waals surface area (Å²) in [6.45, 7) is 0.477. The lowest BCUT2D eigenvalue weighted by atomic mass is 9.98. The Morgan fingerprint density at radius 1 is 1.10 bits per heavy atom. The quantitative estimate of drug-likeness (QED) is 0.568. The van der Waals surface area contributed by atoms with E-state index >= 15 is 0 Å². The van der Waals surface area contributed by atoms with Crippen molar-refractivity contribution in [2.75, 3.05) is 18.1 Å². The van der Waals surface area contributed by atoms with Gasteiger partial charge in [0.25, 0.3) is 0 Å². The van der Waals surface area contributed by atoms with Crippen LogP contribution >= 0.6 is 0 Å². The number of fused-ring (bicyclic) bond motifs is 1. The zero-order valence-electron chi connectivity index (χ0n) is 16.2. The van der Waals surface area contributed by atoms with E-state index in [4.69, 9.17) is 0 Å². The van der Waals surface area contributed by atoms with Crippen LogP contribution in [0.4, 0.5) is 27.6 Å². The molecule has 0 bridgehead atoms. The zero-order valence-corrected chi connectivity index (χ0v) is 16.2. The lowest BCUT2D eigenvalue weighted by molar-refractivity contribution is -0.153. The van der Waals surface area contributed by atoms with E-state index in [1.165, 1.54) is 0 Å². The van der Waals surface area contributed by atoms with Gasteiger partial charge in [-0.05, 0) is 13.0 Å². The molecule has 2 aromatic heterocycles. The predicted molar refractivity (Wildman–Crippen MR) is 100 cm³/mol. The van der Waals surface area contributed by atoms with E-state index in [-0.39, 0.29) is 11.7 Å². The van der Waals surface area contributed by atoms with Crippen LogP contribution in [0.2, 0.25) is 0 Å². The highest BCUT2D eigenvalue weighted by Crippen LogP contribution is 2.36. The maximum atomic E-state index is 14.1. The molecule has 1 atom stereocenters. The van der Waals surface area contributed by atoms with E-state index in [0.717, 1.165) is 23.4 Å². The number of anilines is 1. The van der Waals surface area contributed by atoms with Gasteiger partial charge in [0.05, 0.1) is 11.7 Å². The van der Waals surface area contributed by atoms with Crippen molar-refractivity contribution in [3.05, 3.63) is 59.7 Å². The molecule has 31 heavy (non-hydrogen) atoms. The van der Waals surface area contributed by atoms with Crippen molar-refractivity contribution in [1.82, 2.24) is 19.9 Å². The summed E-state index contributed by atoms with van der Waals surface area (Å²) in [4.78, 5) is 18.8. The Morgan fingerprint density at radius 2 is 1.84 bits per heavy atom. The summed E-state index contributed by atoms with van der Waals surface area (Å²) in [7, 11) is 0. The molecule has 11 heteroatoms. The van der Waals surface area contributed by atoms with Crippen molar-refractivity contribution < 1.29 is 26.7 Å². The summed E-state index contributed by atoms with van der Waals surface area (Å²) in [6, 6.07) is 3.34. The fourth-order valence-corrected chi connectivity index (χ4v) is 3.42. The van der Waals surface area contributed by atoms with Gasteiger partial charge < -0.3 is 9.64 Å². The first-order valence-electron chi connectivity index (χ1n) is 9.31. The average molecular weight is 437 g/mol. The predicted octanol–water partition coefficient (Wildman–Crippen LogP) is 4.28. The normalized spacial score (nSPS) is 16.2. The molecule has 0 amide bonds. The van der Waals surface area contributed by atoms with Crippen molar-refractivity contribution in [1.29, 1.82) is 0 Å². The molecule has 3 heterocycles. The Labute approximate surface area is 173 Å². The summed E-state index contributed by atoms with van der Waals surface area (Å²) in [5.74, 6) is -2.80. The number of hydrogen-bond donors (Lipinski definition) is 0. The molecule has 1 aromatic carbocycles. The zero-order chi connectivity index (χ0) is 22.2. The third kappa shape index (κ3) is 4.39. The van der Waals surface area contributed by atoms with Crippen LogP contribution in [0.25, 0.3) is 11.6 Å². The van der Waals surface area contributed by atoms with Crippen molar-refractivity contribution in [2.24, 2.45) is 0 Å². The lowest BCUT2D eigenvalue weighted by Crippen LogP contribution is -2.35. The number of rotatable bonds is 4. The number of hydrogen-bond acceptors (Lipinski definition) is 6. The second kappa shape index (κ2) is 8.05. The minimum absolute atomic E-state index is 0.199. The summed E-state index contributed by atoms with van der Waals surface area (Å²) in [6.07, 6.45) is 0.563. The van der Waals surface area contributed by atoms with E-state index in [9.17, 15) is 22.0 Å². The Morgan fingerprint density at radius 3 is 2.55 bits per heavy atom. The van der Waals surface area contributed by atoms with E-state index < -0.39 is 30.2 Å². The molecule has 0 fully saturated rings. The molecule has 0 aliphatic carbocycles. The molecule has 0 saturated heterocycles. The molecule has 0 saturated carbocycles. The molecule has 0 N–H and O–H groups in total. The molecular weight excluding hydrogens is 421 g/mol. The molecule has 1 unspecified atom stereocenters. The highest BCUT2D eigenvalue weighted by atomic mass is 19.4. The van der Waals surface area contributed by atoms with Crippen LogP contribution in [0.5, 0.6) is 5.75 Å². The Bertz CT molecular complexity index is 1090. The first-order valence-corrected chi connectivity index (χ1v) is 9.31. The van der Waals surface area contributed by atoms with Gasteiger partial charge in [0.1, 0.15) is 0 Å². The van der Waals surface area contributed by atoms with Gasteiger partial charge in [0.15, 0.2) is 29.8 Å². The molecule has 162 valence electrons. The molecular formula is C20H16F5N5O. The number of halogens is 5.